The molecule has 1 aromatic carbocycles. The Labute approximate surface area is 138 Å². The molecule has 1 unspecified atom stereocenters. The third-order valence-corrected chi connectivity index (χ3v) is 5.85. The van der Waals surface area contributed by atoms with Gasteiger partial charge in [0.2, 0.25) is 0 Å². The van der Waals surface area contributed by atoms with E-state index < -0.39 is 17.2 Å². The van der Waals surface area contributed by atoms with Gasteiger partial charge in [0.05, 0.1) is 6.10 Å². The fraction of sp³-hybridized carbons (Fsp3) is 0.444. The predicted octanol–water partition coefficient (Wildman–Crippen LogP) is 2.96. The van der Waals surface area contributed by atoms with Gasteiger partial charge in [0.1, 0.15) is 0 Å². The zero-order valence-corrected chi connectivity index (χ0v) is 13.6. The van der Waals surface area contributed by atoms with Gasteiger partial charge in [-0.3, -0.25) is 4.21 Å². The molecule has 0 spiro atoms. The Morgan fingerprint density at radius 3 is 2.78 bits per heavy atom. The van der Waals surface area contributed by atoms with Crippen LogP contribution in [0.2, 0.25) is 0 Å². The molecule has 0 saturated heterocycles. The Balaban J connectivity index is 2.00. The third-order valence-electron chi connectivity index (χ3n) is 5.15. The Kier molecular flexibility index (Phi) is 3.76. The second-order valence-electron chi connectivity index (χ2n) is 6.73. The molecule has 0 bridgehead atoms. The molecular weight excluding hydrogens is 310 g/mol. The van der Waals surface area contributed by atoms with E-state index in [0.717, 1.165) is 35.1 Å². The van der Waals surface area contributed by atoms with Crippen LogP contribution in [0.1, 0.15) is 66.5 Å². The van der Waals surface area contributed by atoms with E-state index in [4.69, 9.17) is 5.73 Å². The number of nitrogens with two attached hydrogens (primary N) is 1. The van der Waals surface area contributed by atoms with Crippen LogP contribution in [0.3, 0.4) is 0 Å². The van der Waals surface area contributed by atoms with Crippen molar-refractivity contribution in [1.29, 1.82) is 0 Å². The van der Waals surface area contributed by atoms with Crippen molar-refractivity contribution in [2.24, 2.45) is 11.7 Å². The lowest BCUT2D eigenvalue weighted by Crippen LogP contribution is -2.08. The van der Waals surface area contributed by atoms with Crippen LogP contribution in [0, 0.1) is 5.92 Å². The lowest BCUT2D eigenvalue weighted by Gasteiger charge is -2.21. The number of aliphatic hydroxyl groups is 1. The zero-order valence-electron chi connectivity index (χ0n) is 12.8. The molecule has 0 aliphatic heterocycles. The summed E-state index contributed by atoms with van der Waals surface area (Å²) in [5.41, 5.74) is 10.6. The van der Waals surface area contributed by atoms with Gasteiger partial charge in [-0.15, -0.1) is 0 Å². The average molecular weight is 330 g/mol. The van der Waals surface area contributed by atoms with E-state index in [2.05, 4.69) is 12.2 Å². The largest absolute Gasteiger partial charge is 0.768 e. The molecule has 1 aromatic rings. The highest BCUT2D eigenvalue weighted by Crippen LogP contribution is 2.46. The zero-order chi connectivity index (χ0) is 16.1. The van der Waals surface area contributed by atoms with Crippen molar-refractivity contribution >= 4 is 23.2 Å². The van der Waals surface area contributed by atoms with Crippen LogP contribution in [0.15, 0.2) is 22.6 Å². The van der Waals surface area contributed by atoms with Crippen molar-refractivity contribution in [3.8, 4) is 0 Å². The molecule has 3 aliphatic rings. The summed E-state index contributed by atoms with van der Waals surface area (Å²) in [6.07, 6.45) is 10.2. The number of hydrogen-bond donors (Lipinski definition) is 2. The third kappa shape index (κ3) is 2.62. The molecule has 3 atom stereocenters. The van der Waals surface area contributed by atoms with Crippen LogP contribution in [-0.2, 0) is 11.1 Å². The van der Waals surface area contributed by atoms with Crippen LogP contribution in [0.25, 0.3) is 12.2 Å². The van der Waals surface area contributed by atoms with Crippen LogP contribution < -0.4 is 5.73 Å². The second kappa shape index (κ2) is 5.67. The van der Waals surface area contributed by atoms with E-state index in [0.29, 0.717) is 17.2 Å². The average Bonchev–Trinajstić information content (AvgIpc) is 3.26. The highest BCUT2D eigenvalue weighted by Gasteiger charge is 2.33. The van der Waals surface area contributed by atoms with E-state index in [1.54, 1.807) is 6.07 Å². The minimum Gasteiger partial charge on any atom is -0.768 e. The summed E-state index contributed by atoms with van der Waals surface area (Å²) in [4.78, 5) is 0.299. The normalized spacial score (nSPS) is 29.1. The highest BCUT2D eigenvalue weighted by molar-refractivity contribution is 7.79. The first-order valence-electron chi connectivity index (χ1n) is 8.17. The number of allylic oxidation sites excluding steroid dienone is 2. The van der Waals surface area contributed by atoms with Gasteiger partial charge in [-0.05, 0) is 77.4 Å². The fourth-order valence-corrected chi connectivity index (χ4v) is 4.42. The number of aliphatic hydroxyl groups excluding tert-OH is 1. The van der Waals surface area contributed by atoms with E-state index >= 15 is 0 Å². The second-order valence-corrected chi connectivity index (χ2v) is 7.64. The van der Waals surface area contributed by atoms with E-state index in [1.165, 1.54) is 18.4 Å². The Morgan fingerprint density at radius 2 is 2.09 bits per heavy atom. The minimum absolute atomic E-state index is 0.299. The van der Waals surface area contributed by atoms with Gasteiger partial charge in [-0.1, -0.05) is 23.8 Å². The number of rotatable bonds is 2. The summed E-state index contributed by atoms with van der Waals surface area (Å²) in [6, 6.07) is 1.35. The van der Waals surface area contributed by atoms with Crippen molar-refractivity contribution < 1.29 is 13.9 Å². The van der Waals surface area contributed by atoms with Crippen molar-refractivity contribution in [3.05, 3.63) is 40.0 Å². The molecule has 122 valence electrons. The molecule has 0 heterocycles. The van der Waals surface area contributed by atoms with E-state index in [9.17, 15) is 13.9 Å². The Morgan fingerprint density at radius 1 is 1.30 bits per heavy atom. The topological polar surface area (TPSA) is 86.4 Å². The van der Waals surface area contributed by atoms with Gasteiger partial charge in [-0.2, -0.15) is 0 Å². The molecule has 3 aliphatic carbocycles. The summed E-state index contributed by atoms with van der Waals surface area (Å²) >= 11 is -2.32. The van der Waals surface area contributed by atoms with Gasteiger partial charge < -0.3 is 15.4 Å². The lowest BCUT2D eigenvalue weighted by molar-refractivity contribution is 0.173. The molecule has 4 rings (SSSR count). The lowest BCUT2D eigenvalue weighted by atomic mass is 9.90. The van der Waals surface area contributed by atoms with Gasteiger partial charge in [0, 0.05) is 10.9 Å². The maximum absolute atomic E-state index is 11.8. The monoisotopic (exact) mass is 330 g/mol. The number of hydrogen-bond acceptors (Lipinski definition) is 4. The number of benzene rings is 1. The molecule has 3 N–H and O–H groups in total. The van der Waals surface area contributed by atoms with Gasteiger partial charge >= 0.3 is 0 Å². The van der Waals surface area contributed by atoms with Crippen LogP contribution in [0.4, 0.5) is 0 Å². The summed E-state index contributed by atoms with van der Waals surface area (Å²) in [5.74, 6) is 0.600. The Bertz CT molecular complexity index is 749. The summed E-state index contributed by atoms with van der Waals surface area (Å²) in [7, 11) is 0. The quantitative estimate of drug-likeness (QED) is 0.816. The smallest absolute Gasteiger partial charge is 0.0817 e. The first-order valence-corrected chi connectivity index (χ1v) is 9.24. The summed E-state index contributed by atoms with van der Waals surface area (Å²) < 4.78 is 23.6. The van der Waals surface area contributed by atoms with Crippen molar-refractivity contribution in [2.45, 2.75) is 49.1 Å². The molecule has 1 saturated carbocycles. The van der Waals surface area contributed by atoms with Crippen LogP contribution in [0.5, 0.6) is 0 Å². The molecule has 23 heavy (non-hydrogen) atoms. The molecule has 0 aromatic heterocycles. The molecule has 4 nitrogen and oxygen atoms in total. The predicted molar refractivity (Wildman–Crippen MR) is 89.1 cm³/mol. The van der Waals surface area contributed by atoms with Crippen LogP contribution >= 0.6 is 0 Å². The fourth-order valence-electron chi connectivity index (χ4n) is 3.85. The molecule has 0 radical (unpaired) electrons. The SMILES string of the molecule is N[C@@H]1C[C@H](O)c2c1cc(S(=O)[O-])c1c2/C=C\CCC(C2CC2)=C1. The van der Waals surface area contributed by atoms with Crippen molar-refractivity contribution in [1.82, 2.24) is 0 Å². The van der Waals surface area contributed by atoms with E-state index in [-0.39, 0.29) is 6.04 Å². The summed E-state index contributed by atoms with van der Waals surface area (Å²) in [6.45, 7) is 0. The van der Waals surface area contributed by atoms with Gasteiger partial charge in [0.25, 0.3) is 0 Å². The first kappa shape index (κ1) is 15.3. The van der Waals surface area contributed by atoms with E-state index in [1.807, 2.05) is 6.08 Å². The van der Waals surface area contributed by atoms with Gasteiger partial charge in [-0.25, -0.2) is 0 Å². The molecule has 0 amide bonds. The standard InChI is InChI=1S/C18H21NO3S/c19-15-9-16(20)18-12-4-2-1-3-11(10-5-6-10)7-13(12)17(23(21)22)8-14(15)18/h2,4,7-8,10,15-16,20H,1,3,5-6,9,19H2,(H,21,22)/p-1/b4-2-,11-7?/t15-,16+/m1/s1. The molecular formula is C18H20NO3S-. The highest BCUT2D eigenvalue weighted by atomic mass is 32.2. The minimum atomic E-state index is -2.32. The maximum Gasteiger partial charge on any atom is 0.0817 e. The van der Waals surface area contributed by atoms with Crippen molar-refractivity contribution in [2.75, 3.05) is 0 Å². The van der Waals surface area contributed by atoms with Crippen molar-refractivity contribution in [3.63, 3.8) is 0 Å². The van der Waals surface area contributed by atoms with Gasteiger partial charge in [0.15, 0.2) is 0 Å². The summed E-state index contributed by atoms with van der Waals surface area (Å²) in [5, 5.41) is 10.4. The first-order chi connectivity index (χ1) is 11.1. The molecule has 5 heteroatoms. The Hall–Kier alpha value is -1.27. The molecule has 1 fully saturated rings. The number of fused-ring (bicyclic) bond motifs is 3. The van der Waals surface area contributed by atoms with Crippen LogP contribution in [-0.4, -0.2) is 13.9 Å². The maximum atomic E-state index is 11.8.